The molecule has 1 unspecified atom stereocenters. The number of aromatic carboxylic acids is 1. The third-order valence-corrected chi connectivity index (χ3v) is 2.85. The molecule has 0 saturated heterocycles. The van der Waals surface area contributed by atoms with Crippen molar-refractivity contribution in [2.24, 2.45) is 0 Å². The molecule has 2 aromatic rings. The van der Waals surface area contributed by atoms with Crippen LogP contribution in [0.3, 0.4) is 0 Å². The summed E-state index contributed by atoms with van der Waals surface area (Å²) >= 11 is 0. The number of aliphatic hydroxyl groups is 1. The van der Waals surface area contributed by atoms with Crippen molar-refractivity contribution in [2.45, 2.75) is 19.4 Å². The highest BCUT2D eigenvalue weighted by Crippen LogP contribution is 2.21. The Labute approximate surface area is 110 Å². The van der Waals surface area contributed by atoms with Crippen molar-refractivity contribution in [3.05, 3.63) is 30.1 Å². The highest BCUT2D eigenvalue weighted by Gasteiger charge is 2.14. The van der Waals surface area contributed by atoms with Gasteiger partial charge in [0.25, 0.3) is 0 Å². The first-order chi connectivity index (χ1) is 9.15. The topological polar surface area (TPSA) is 95.3 Å². The van der Waals surface area contributed by atoms with Gasteiger partial charge in [-0.05, 0) is 18.6 Å². The molecule has 1 aromatic heterocycles. The number of fused-ring (bicyclic) bond motifs is 1. The van der Waals surface area contributed by atoms with Gasteiger partial charge in [0.05, 0.1) is 18.2 Å². The second-order valence-corrected chi connectivity index (χ2v) is 4.15. The number of nitrogens with one attached hydrogen (secondary N) is 1. The summed E-state index contributed by atoms with van der Waals surface area (Å²) < 4.78 is 0. The van der Waals surface area contributed by atoms with E-state index in [-0.39, 0.29) is 18.5 Å². The molecule has 100 valence electrons. The summed E-state index contributed by atoms with van der Waals surface area (Å²) in [4.78, 5) is 19.0. The smallest absolute Gasteiger partial charge is 0.374 e. The van der Waals surface area contributed by atoms with Crippen molar-refractivity contribution in [1.29, 1.82) is 0 Å². The second kappa shape index (κ2) is 5.62. The van der Waals surface area contributed by atoms with Crippen LogP contribution < -0.4 is 5.32 Å². The lowest BCUT2D eigenvalue weighted by Crippen LogP contribution is -2.24. The van der Waals surface area contributed by atoms with Gasteiger partial charge in [0.1, 0.15) is 5.82 Å². The van der Waals surface area contributed by atoms with Crippen LogP contribution in [0.2, 0.25) is 0 Å². The highest BCUT2D eigenvalue weighted by atomic mass is 16.4. The van der Waals surface area contributed by atoms with Gasteiger partial charge in [-0.3, -0.25) is 0 Å². The summed E-state index contributed by atoms with van der Waals surface area (Å²) in [5, 5.41) is 22.0. The Bertz CT molecular complexity index is 597. The van der Waals surface area contributed by atoms with Gasteiger partial charge < -0.3 is 15.5 Å². The Balaban J connectivity index is 2.53. The molecule has 0 aliphatic carbocycles. The fraction of sp³-hybridized carbons (Fsp3) is 0.308. The molecule has 0 aliphatic heterocycles. The van der Waals surface area contributed by atoms with Crippen LogP contribution in [-0.4, -0.2) is 38.8 Å². The van der Waals surface area contributed by atoms with Crippen LogP contribution in [-0.2, 0) is 0 Å². The number of aromatic nitrogens is 2. The van der Waals surface area contributed by atoms with E-state index in [0.29, 0.717) is 17.8 Å². The molecule has 3 N–H and O–H groups in total. The van der Waals surface area contributed by atoms with Gasteiger partial charge in [-0.25, -0.2) is 14.8 Å². The van der Waals surface area contributed by atoms with Gasteiger partial charge in [0.15, 0.2) is 0 Å². The fourth-order valence-electron chi connectivity index (χ4n) is 1.75. The maximum Gasteiger partial charge on any atom is 0.374 e. The van der Waals surface area contributed by atoms with Gasteiger partial charge in [-0.1, -0.05) is 19.1 Å². The molecule has 0 aliphatic rings. The average Bonchev–Trinajstić information content (AvgIpc) is 2.44. The third-order valence-electron chi connectivity index (χ3n) is 2.85. The van der Waals surface area contributed by atoms with Crippen molar-refractivity contribution in [3.8, 4) is 0 Å². The molecule has 1 atom stereocenters. The van der Waals surface area contributed by atoms with E-state index in [1.165, 1.54) is 0 Å². The van der Waals surface area contributed by atoms with Crippen LogP contribution in [0.25, 0.3) is 10.9 Å². The predicted molar refractivity (Wildman–Crippen MR) is 71.3 cm³/mol. The van der Waals surface area contributed by atoms with Crippen LogP contribution >= 0.6 is 0 Å². The Morgan fingerprint density at radius 2 is 2.11 bits per heavy atom. The van der Waals surface area contributed by atoms with E-state index in [4.69, 9.17) is 5.11 Å². The van der Waals surface area contributed by atoms with E-state index in [0.717, 1.165) is 5.39 Å². The number of carboxylic acid groups (broad SMARTS) is 1. The minimum Gasteiger partial charge on any atom is -0.475 e. The van der Waals surface area contributed by atoms with E-state index in [9.17, 15) is 9.90 Å². The van der Waals surface area contributed by atoms with Gasteiger partial charge in [0.2, 0.25) is 5.82 Å². The molecule has 19 heavy (non-hydrogen) atoms. The van der Waals surface area contributed by atoms with E-state index < -0.39 is 5.97 Å². The fourth-order valence-corrected chi connectivity index (χ4v) is 1.75. The van der Waals surface area contributed by atoms with Gasteiger partial charge >= 0.3 is 5.97 Å². The van der Waals surface area contributed by atoms with Crippen molar-refractivity contribution in [3.63, 3.8) is 0 Å². The first-order valence-electron chi connectivity index (χ1n) is 6.03. The molecule has 0 bridgehead atoms. The Morgan fingerprint density at radius 3 is 2.74 bits per heavy atom. The standard InChI is InChI=1S/C13H15N3O3/c1-2-8(7-17)14-11-9-5-3-4-6-10(9)15-12(16-11)13(18)19/h3-6,8,17H,2,7H2,1H3,(H,18,19)(H,14,15,16). The monoisotopic (exact) mass is 261 g/mol. The molecule has 0 saturated carbocycles. The number of carbonyl (C=O) groups is 1. The zero-order valence-corrected chi connectivity index (χ0v) is 10.5. The quantitative estimate of drug-likeness (QED) is 0.755. The normalized spacial score (nSPS) is 12.3. The minimum absolute atomic E-state index is 0.0444. The molecule has 0 spiro atoms. The summed E-state index contributed by atoms with van der Waals surface area (Å²) in [5.41, 5.74) is 0.560. The van der Waals surface area contributed by atoms with Crippen LogP contribution in [0.4, 0.5) is 5.82 Å². The number of carboxylic acids is 1. The molecule has 6 nitrogen and oxygen atoms in total. The highest BCUT2D eigenvalue weighted by molar-refractivity contribution is 5.93. The Hall–Kier alpha value is -2.21. The lowest BCUT2D eigenvalue weighted by molar-refractivity contribution is 0.0684. The number of nitrogens with zero attached hydrogens (tertiary/aromatic N) is 2. The predicted octanol–water partition coefficient (Wildman–Crippen LogP) is 1.51. The summed E-state index contributed by atoms with van der Waals surface area (Å²) in [7, 11) is 0. The number of para-hydroxylation sites is 1. The largest absolute Gasteiger partial charge is 0.475 e. The van der Waals surface area contributed by atoms with Crippen LogP contribution in [0.5, 0.6) is 0 Å². The first kappa shape index (κ1) is 13.2. The molecular formula is C13H15N3O3. The summed E-state index contributed by atoms with van der Waals surface area (Å²) in [6.07, 6.45) is 0.706. The van der Waals surface area contributed by atoms with E-state index in [2.05, 4.69) is 15.3 Å². The number of hydrogen-bond donors (Lipinski definition) is 3. The number of benzene rings is 1. The molecule has 2 rings (SSSR count). The maximum atomic E-state index is 11.0. The van der Waals surface area contributed by atoms with Crippen molar-refractivity contribution < 1.29 is 15.0 Å². The lowest BCUT2D eigenvalue weighted by Gasteiger charge is -2.16. The Morgan fingerprint density at radius 1 is 1.37 bits per heavy atom. The van der Waals surface area contributed by atoms with Crippen LogP contribution in [0.15, 0.2) is 24.3 Å². The number of hydrogen-bond acceptors (Lipinski definition) is 5. The van der Waals surface area contributed by atoms with Crippen molar-refractivity contribution >= 4 is 22.7 Å². The summed E-state index contributed by atoms with van der Waals surface area (Å²) in [5.74, 6) is -0.997. The molecule has 0 fully saturated rings. The van der Waals surface area contributed by atoms with Gasteiger partial charge in [-0.15, -0.1) is 0 Å². The summed E-state index contributed by atoms with van der Waals surface area (Å²) in [6, 6.07) is 6.99. The van der Waals surface area contributed by atoms with Crippen LogP contribution in [0, 0.1) is 0 Å². The number of rotatable bonds is 5. The lowest BCUT2D eigenvalue weighted by atomic mass is 10.2. The first-order valence-corrected chi connectivity index (χ1v) is 6.03. The average molecular weight is 261 g/mol. The minimum atomic E-state index is -1.18. The van der Waals surface area contributed by atoms with Gasteiger partial charge in [-0.2, -0.15) is 0 Å². The van der Waals surface area contributed by atoms with Crippen LogP contribution in [0.1, 0.15) is 24.0 Å². The molecule has 0 radical (unpaired) electrons. The zero-order chi connectivity index (χ0) is 13.8. The SMILES string of the molecule is CCC(CO)Nc1nc(C(=O)O)nc2ccccc12. The van der Waals surface area contributed by atoms with E-state index in [1.54, 1.807) is 12.1 Å². The summed E-state index contributed by atoms with van der Waals surface area (Å²) in [6.45, 7) is 1.88. The van der Waals surface area contributed by atoms with E-state index >= 15 is 0 Å². The number of aliphatic hydroxyl groups excluding tert-OH is 1. The maximum absolute atomic E-state index is 11.0. The third kappa shape index (κ3) is 2.79. The van der Waals surface area contributed by atoms with Crippen molar-refractivity contribution in [2.75, 3.05) is 11.9 Å². The molecule has 1 aromatic carbocycles. The Kier molecular flexibility index (Phi) is 3.91. The molecule has 6 heteroatoms. The molecular weight excluding hydrogens is 246 g/mol. The molecule has 1 heterocycles. The molecule has 0 amide bonds. The van der Waals surface area contributed by atoms with E-state index in [1.807, 2.05) is 19.1 Å². The number of anilines is 1. The second-order valence-electron chi connectivity index (χ2n) is 4.15. The van der Waals surface area contributed by atoms with Crippen molar-refractivity contribution in [1.82, 2.24) is 9.97 Å². The van der Waals surface area contributed by atoms with Gasteiger partial charge in [0, 0.05) is 5.39 Å². The zero-order valence-electron chi connectivity index (χ0n) is 10.5.